The SMILES string of the molecule is COc1ccc(Oc2ccc(N=Cc3cc4c(cc3Cl)N(C)C(C)(C)C=C4C)cc2)cc1. The number of benzene rings is 3. The number of likely N-dealkylation sites (N-methyl/N-ethyl adjacent to an activating group) is 1. The van der Waals surface area contributed by atoms with Crippen LogP contribution in [0.2, 0.25) is 5.02 Å². The molecule has 0 aromatic heterocycles. The second-order valence-electron chi connectivity index (χ2n) is 8.46. The Hall–Kier alpha value is -3.24. The standard InChI is InChI=1S/C27H27ClN2O2/c1-18-16-27(2,3)30(4)26-15-25(28)19(14-24(18)26)17-29-20-6-8-22(9-7-20)32-23-12-10-21(31-5)11-13-23/h6-17H,1-5H3. The highest BCUT2D eigenvalue weighted by Gasteiger charge is 2.29. The molecule has 0 unspecified atom stereocenters. The van der Waals surface area contributed by atoms with Crippen LogP contribution in [-0.4, -0.2) is 25.9 Å². The van der Waals surface area contributed by atoms with Crippen molar-refractivity contribution < 1.29 is 9.47 Å². The fraction of sp³-hybridized carbons (Fsp3) is 0.222. The molecule has 0 bridgehead atoms. The van der Waals surface area contributed by atoms with Gasteiger partial charge in [-0.3, -0.25) is 4.99 Å². The lowest BCUT2D eigenvalue weighted by Crippen LogP contribution is -2.42. The molecule has 0 spiro atoms. The molecule has 0 saturated heterocycles. The molecule has 4 rings (SSSR count). The quantitative estimate of drug-likeness (QED) is 0.380. The van der Waals surface area contributed by atoms with Crippen molar-refractivity contribution >= 4 is 34.8 Å². The van der Waals surface area contributed by atoms with Gasteiger partial charge in [0.25, 0.3) is 0 Å². The number of hydrogen-bond acceptors (Lipinski definition) is 4. The van der Waals surface area contributed by atoms with E-state index in [9.17, 15) is 0 Å². The number of rotatable bonds is 5. The second-order valence-corrected chi connectivity index (χ2v) is 8.87. The van der Waals surface area contributed by atoms with Crippen LogP contribution in [-0.2, 0) is 0 Å². The van der Waals surface area contributed by atoms with Gasteiger partial charge >= 0.3 is 0 Å². The Kier molecular flexibility index (Phi) is 5.98. The number of halogens is 1. The topological polar surface area (TPSA) is 34.1 Å². The average Bonchev–Trinajstić information content (AvgIpc) is 2.78. The highest BCUT2D eigenvalue weighted by atomic mass is 35.5. The molecule has 32 heavy (non-hydrogen) atoms. The number of methoxy groups -OCH3 is 1. The summed E-state index contributed by atoms with van der Waals surface area (Å²) in [6.45, 7) is 6.54. The van der Waals surface area contributed by atoms with E-state index in [0.717, 1.165) is 34.2 Å². The zero-order valence-corrected chi connectivity index (χ0v) is 19.8. The van der Waals surface area contributed by atoms with Crippen LogP contribution in [0, 0.1) is 0 Å². The molecular weight excluding hydrogens is 420 g/mol. The van der Waals surface area contributed by atoms with Crippen LogP contribution in [0.25, 0.3) is 5.57 Å². The zero-order chi connectivity index (χ0) is 22.9. The van der Waals surface area contributed by atoms with E-state index in [1.165, 1.54) is 11.1 Å². The van der Waals surface area contributed by atoms with Gasteiger partial charge in [0.05, 0.1) is 23.4 Å². The molecule has 0 aliphatic carbocycles. The molecule has 4 nitrogen and oxygen atoms in total. The Balaban J connectivity index is 1.51. The van der Waals surface area contributed by atoms with Crippen molar-refractivity contribution in [2.75, 3.05) is 19.1 Å². The van der Waals surface area contributed by atoms with Gasteiger partial charge in [-0.25, -0.2) is 0 Å². The van der Waals surface area contributed by atoms with Crippen molar-refractivity contribution in [3.05, 3.63) is 82.9 Å². The zero-order valence-electron chi connectivity index (χ0n) is 19.0. The molecule has 3 aromatic carbocycles. The third-order valence-corrected chi connectivity index (χ3v) is 6.15. The van der Waals surface area contributed by atoms with E-state index in [-0.39, 0.29) is 5.54 Å². The molecule has 0 radical (unpaired) electrons. The second kappa shape index (κ2) is 8.71. The first-order valence-corrected chi connectivity index (χ1v) is 10.9. The van der Waals surface area contributed by atoms with Gasteiger partial charge in [0.1, 0.15) is 17.2 Å². The first-order chi connectivity index (χ1) is 15.3. The summed E-state index contributed by atoms with van der Waals surface area (Å²) in [4.78, 5) is 6.87. The van der Waals surface area contributed by atoms with Crippen molar-refractivity contribution in [3.63, 3.8) is 0 Å². The summed E-state index contributed by atoms with van der Waals surface area (Å²) in [5, 5.41) is 0.685. The fourth-order valence-corrected chi connectivity index (χ4v) is 4.02. The molecule has 0 N–H and O–H groups in total. The van der Waals surface area contributed by atoms with E-state index in [1.54, 1.807) is 7.11 Å². The largest absolute Gasteiger partial charge is 0.497 e. The lowest BCUT2D eigenvalue weighted by atomic mass is 9.88. The first kappa shape index (κ1) is 22.0. The number of nitrogens with zero attached hydrogens (tertiary/aromatic N) is 2. The van der Waals surface area contributed by atoms with Gasteiger partial charge in [-0.05, 0) is 87.0 Å². The minimum Gasteiger partial charge on any atom is -0.497 e. The minimum absolute atomic E-state index is 0.0499. The molecule has 3 aromatic rings. The predicted octanol–water partition coefficient (Wildman–Crippen LogP) is 7.52. The number of anilines is 1. The van der Waals surface area contributed by atoms with Crippen LogP contribution in [0.15, 0.2) is 71.7 Å². The van der Waals surface area contributed by atoms with Gasteiger partial charge in [-0.15, -0.1) is 0 Å². The van der Waals surface area contributed by atoms with Crippen molar-refractivity contribution in [2.45, 2.75) is 26.3 Å². The molecule has 0 amide bonds. The van der Waals surface area contributed by atoms with Gasteiger partial charge in [0.15, 0.2) is 0 Å². The number of fused-ring (bicyclic) bond motifs is 1. The summed E-state index contributed by atoms with van der Waals surface area (Å²) in [6, 6.07) is 19.3. The number of aliphatic imine (C=N–C) groups is 1. The molecule has 1 aliphatic rings. The van der Waals surface area contributed by atoms with Crippen LogP contribution >= 0.6 is 11.6 Å². The van der Waals surface area contributed by atoms with Crippen molar-refractivity contribution in [1.82, 2.24) is 0 Å². The maximum absolute atomic E-state index is 6.60. The summed E-state index contributed by atoms with van der Waals surface area (Å²) in [7, 11) is 3.74. The molecule has 0 saturated carbocycles. The van der Waals surface area contributed by atoms with E-state index in [1.807, 2.05) is 60.8 Å². The summed E-state index contributed by atoms with van der Waals surface area (Å²) in [6.07, 6.45) is 4.10. The Morgan fingerprint density at radius 2 is 1.53 bits per heavy atom. The third-order valence-electron chi connectivity index (χ3n) is 5.82. The molecular formula is C27H27ClN2O2. The van der Waals surface area contributed by atoms with E-state index in [4.69, 9.17) is 21.1 Å². The highest BCUT2D eigenvalue weighted by Crippen LogP contribution is 2.40. The van der Waals surface area contributed by atoms with Crippen LogP contribution < -0.4 is 14.4 Å². The predicted molar refractivity (Wildman–Crippen MR) is 134 cm³/mol. The average molecular weight is 447 g/mol. The minimum atomic E-state index is -0.0499. The normalized spacial score (nSPS) is 14.8. The van der Waals surface area contributed by atoms with E-state index in [0.29, 0.717) is 5.02 Å². The van der Waals surface area contributed by atoms with Crippen molar-refractivity contribution in [3.8, 4) is 17.2 Å². The Morgan fingerprint density at radius 3 is 2.16 bits per heavy atom. The molecule has 1 aliphatic heterocycles. The summed E-state index contributed by atoms with van der Waals surface area (Å²) in [5.41, 5.74) is 5.23. The molecule has 164 valence electrons. The van der Waals surface area contributed by atoms with Crippen LogP contribution in [0.3, 0.4) is 0 Å². The first-order valence-electron chi connectivity index (χ1n) is 10.5. The van der Waals surface area contributed by atoms with Crippen LogP contribution in [0.5, 0.6) is 17.2 Å². The smallest absolute Gasteiger partial charge is 0.127 e. The maximum atomic E-state index is 6.60. The molecule has 5 heteroatoms. The van der Waals surface area contributed by atoms with E-state index in [2.05, 4.69) is 49.9 Å². The fourth-order valence-electron chi connectivity index (χ4n) is 3.81. The van der Waals surface area contributed by atoms with Crippen LogP contribution in [0.1, 0.15) is 31.9 Å². The third kappa shape index (κ3) is 4.51. The number of allylic oxidation sites excluding steroid dienone is 1. The molecule has 0 atom stereocenters. The molecule has 0 fully saturated rings. The summed E-state index contributed by atoms with van der Waals surface area (Å²) >= 11 is 6.60. The highest BCUT2D eigenvalue weighted by molar-refractivity contribution is 6.33. The van der Waals surface area contributed by atoms with Gasteiger partial charge in [-0.2, -0.15) is 0 Å². The summed E-state index contributed by atoms with van der Waals surface area (Å²) in [5.74, 6) is 2.29. The monoisotopic (exact) mass is 446 g/mol. The van der Waals surface area contributed by atoms with Crippen molar-refractivity contribution in [1.29, 1.82) is 0 Å². The van der Waals surface area contributed by atoms with Gasteiger partial charge in [-0.1, -0.05) is 17.7 Å². The van der Waals surface area contributed by atoms with Crippen LogP contribution in [0.4, 0.5) is 11.4 Å². The molecule has 1 heterocycles. The van der Waals surface area contributed by atoms with Crippen molar-refractivity contribution in [2.24, 2.45) is 4.99 Å². The van der Waals surface area contributed by atoms with E-state index >= 15 is 0 Å². The van der Waals surface area contributed by atoms with Gasteiger partial charge in [0.2, 0.25) is 0 Å². The maximum Gasteiger partial charge on any atom is 0.127 e. The van der Waals surface area contributed by atoms with Gasteiger partial charge < -0.3 is 14.4 Å². The Morgan fingerprint density at radius 1 is 0.938 bits per heavy atom. The number of ether oxygens (including phenoxy) is 2. The summed E-state index contributed by atoms with van der Waals surface area (Å²) < 4.78 is 11.0. The Bertz CT molecular complexity index is 1180. The Labute approximate surface area is 194 Å². The lowest BCUT2D eigenvalue weighted by Gasteiger charge is -2.40. The lowest BCUT2D eigenvalue weighted by molar-refractivity contribution is 0.413. The number of hydrogen-bond donors (Lipinski definition) is 0. The van der Waals surface area contributed by atoms with E-state index < -0.39 is 0 Å². The van der Waals surface area contributed by atoms with Gasteiger partial charge in [0, 0.05) is 30.1 Å².